The zero-order valence-corrected chi connectivity index (χ0v) is 14.8. The summed E-state index contributed by atoms with van der Waals surface area (Å²) in [5.41, 5.74) is 0.441. The molecule has 1 amide bonds. The van der Waals surface area contributed by atoms with Crippen molar-refractivity contribution >= 4 is 49.6 Å². The van der Waals surface area contributed by atoms with Crippen LogP contribution in [0.5, 0.6) is 0 Å². The number of rotatable bonds is 6. The number of anilines is 1. The number of ether oxygens (including phenoxy) is 1. The monoisotopic (exact) mass is 359 g/mol. The Kier molecular flexibility index (Phi) is 5.27. The number of unbranched alkanes of at least 4 members (excludes halogenated alkanes) is 1. The Morgan fingerprint density at radius 1 is 1.17 bits per heavy atom. The average molecular weight is 359 g/mol. The van der Waals surface area contributed by atoms with Gasteiger partial charge in [-0.1, -0.05) is 37.6 Å². The maximum Gasteiger partial charge on any atom is 0.341 e. The van der Waals surface area contributed by atoms with Crippen LogP contribution in [0.2, 0.25) is 0 Å². The predicted octanol–water partition coefficient (Wildman–Crippen LogP) is 5.17. The molecule has 0 atom stereocenters. The summed E-state index contributed by atoms with van der Waals surface area (Å²) in [5.74, 6) is -0.596. The molecule has 3 aromatic rings. The van der Waals surface area contributed by atoms with Crippen LogP contribution in [0.3, 0.4) is 0 Å². The number of esters is 1. The third kappa shape index (κ3) is 3.49. The lowest BCUT2D eigenvalue weighted by molar-refractivity contribution is 0.0503. The standard InChI is InChI=1S/C18H17NO3S2/c1-2-3-10-22-18(21)15-12-7-4-5-8-13(12)24-17(15)19-16(20)14-9-6-11-23-14/h4-9,11H,2-3,10H2,1H3,(H,19,20). The zero-order chi connectivity index (χ0) is 16.9. The largest absolute Gasteiger partial charge is 0.462 e. The van der Waals surface area contributed by atoms with Crippen LogP contribution in [0.15, 0.2) is 41.8 Å². The van der Waals surface area contributed by atoms with E-state index in [9.17, 15) is 9.59 Å². The van der Waals surface area contributed by atoms with E-state index in [0.29, 0.717) is 22.0 Å². The molecule has 0 saturated carbocycles. The van der Waals surface area contributed by atoms with E-state index in [2.05, 4.69) is 5.32 Å². The molecule has 0 spiro atoms. The van der Waals surface area contributed by atoms with Crippen LogP contribution in [0.1, 0.15) is 39.8 Å². The summed E-state index contributed by atoms with van der Waals surface area (Å²) < 4.78 is 6.31. The van der Waals surface area contributed by atoms with Crippen LogP contribution >= 0.6 is 22.7 Å². The van der Waals surface area contributed by atoms with Crippen LogP contribution in [0, 0.1) is 0 Å². The second kappa shape index (κ2) is 7.59. The molecule has 4 nitrogen and oxygen atoms in total. The first-order chi connectivity index (χ1) is 11.7. The van der Waals surface area contributed by atoms with Crippen molar-refractivity contribution in [3.05, 3.63) is 52.2 Å². The smallest absolute Gasteiger partial charge is 0.341 e. The molecule has 24 heavy (non-hydrogen) atoms. The molecule has 2 heterocycles. The highest BCUT2D eigenvalue weighted by atomic mass is 32.1. The van der Waals surface area contributed by atoms with Gasteiger partial charge < -0.3 is 10.1 Å². The summed E-state index contributed by atoms with van der Waals surface area (Å²) in [6.07, 6.45) is 1.78. The first kappa shape index (κ1) is 16.7. The van der Waals surface area contributed by atoms with Crippen molar-refractivity contribution in [2.24, 2.45) is 0 Å². The summed E-state index contributed by atoms with van der Waals surface area (Å²) in [6.45, 7) is 2.43. The summed E-state index contributed by atoms with van der Waals surface area (Å²) in [4.78, 5) is 25.5. The summed E-state index contributed by atoms with van der Waals surface area (Å²) in [7, 11) is 0. The molecule has 0 saturated heterocycles. The van der Waals surface area contributed by atoms with Gasteiger partial charge >= 0.3 is 5.97 Å². The highest BCUT2D eigenvalue weighted by molar-refractivity contribution is 7.23. The Morgan fingerprint density at radius 2 is 2.00 bits per heavy atom. The number of benzene rings is 1. The van der Waals surface area contributed by atoms with Crippen molar-refractivity contribution in [1.82, 2.24) is 0 Å². The fraction of sp³-hybridized carbons (Fsp3) is 0.222. The van der Waals surface area contributed by atoms with Gasteiger partial charge in [-0.25, -0.2) is 4.79 Å². The SMILES string of the molecule is CCCCOC(=O)c1c(NC(=O)c2cccs2)sc2ccccc12. The van der Waals surface area contributed by atoms with Gasteiger partial charge in [0.25, 0.3) is 5.91 Å². The first-order valence-corrected chi connectivity index (χ1v) is 9.44. The predicted molar refractivity (Wildman–Crippen MR) is 99.3 cm³/mol. The van der Waals surface area contributed by atoms with E-state index in [4.69, 9.17) is 4.74 Å². The molecule has 0 unspecified atom stereocenters. The molecule has 0 aliphatic carbocycles. The van der Waals surface area contributed by atoms with Crippen LogP contribution in [0.4, 0.5) is 5.00 Å². The van der Waals surface area contributed by atoms with Gasteiger partial charge in [0, 0.05) is 10.1 Å². The Hall–Kier alpha value is -2.18. The molecule has 2 aromatic heterocycles. The first-order valence-electron chi connectivity index (χ1n) is 7.74. The zero-order valence-electron chi connectivity index (χ0n) is 13.2. The summed E-state index contributed by atoms with van der Waals surface area (Å²) in [5, 5.41) is 6.06. The van der Waals surface area contributed by atoms with Crippen molar-refractivity contribution < 1.29 is 14.3 Å². The van der Waals surface area contributed by atoms with Gasteiger partial charge in [0.05, 0.1) is 11.5 Å². The number of carbonyl (C=O) groups is 2. The van der Waals surface area contributed by atoms with Gasteiger partial charge in [-0.3, -0.25) is 4.79 Å². The minimum absolute atomic E-state index is 0.209. The fourth-order valence-electron chi connectivity index (χ4n) is 2.29. The topological polar surface area (TPSA) is 55.4 Å². The molecule has 1 aromatic carbocycles. The molecular formula is C18H17NO3S2. The van der Waals surface area contributed by atoms with Gasteiger partial charge in [0.2, 0.25) is 0 Å². The minimum atomic E-state index is -0.387. The number of fused-ring (bicyclic) bond motifs is 1. The Labute approximate surface area is 148 Å². The molecule has 0 radical (unpaired) electrons. The highest BCUT2D eigenvalue weighted by Crippen LogP contribution is 2.36. The third-order valence-corrected chi connectivity index (χ3v) is 5.46. The van der Waals surface area contributed by atoms with Gasteiger partial charge in [0.15, 0.2) is 0 Å². The summed E-state index contributed by atoms with van der Waals surface area (Å²) >= 11 is 2.75. The molecule has 124 valence electrons. The van der Waals surface area contributed by atoms with Crippen molar-refractivity contribution in [1.29, 1.82) is 0 Å². The Bertz CT molecular complexity index is 852. The maximum absolute atomic E-state index is 12.5. The number of hydrogen-bond donors (Lipinski definition) is 1. The average Bonchev–Trinajstić information content (AvgIpc) is 3.22. The van der Waals surface area contributed by atoms with E-state index in [-0.39, 0.29) is 11.9 Å². The lowest BCUT2D eigenvalue weighted by Gasteiger charge is -2.07. The molecule has 0 fully saturated rings. The number of nitrogens with one attached hydrogen (secondary N) is 1. The quantitative estimate of drug-likeness (QED) is 0.488. The molecular weight excluding hydrogens is 342 g/mol. The number of thiophene rings is 2. The number of hydrogen-bond acceptors (Lipinski definition) is 5. The maximum atomic E-state index is 12.5. The second-order valence-corrected chi connectivity index (χ2v) is 7.22. The lowest BCUT2D eigenvalue weighted by atomic mass is 10.1. The Morgan fingerprint density at radius 3 is 2.75 bits per heavy atom. The molecule has 1 N–H and O–H groups in total. The van der Waals surface area contributed by atoms with Crippen LogP contribution in [-0.4, -0.2) is 18.5 Å². The minimum Gasteiger partial charge on any atom is -0.462 e. The van der Waals surface area contributed by atoms with Gasteiger partial charge in [-0.05, 0) is 23.9 Å². The van der Waals surface area contributed by atoms with E-state index in [0.717, 1.165) is 22.9 Å². The molecule has 3 rings (SSSR count). The highest BCUT2D eigenvalue weighted by Gasteiger charge is 2.22. The molecule has 0 bridgehead atoms. The fourth-order valence-corrected chi connectivity index (χ4v) is 3.99. The van der Waals surface area contributed by atoms with E-state index in [1.807, 2.05) is 42.6 Å². The van der Waals surface area contributed by atoms with Crippen molar-refractivity contribution in [2.45, 2.75) is 19.8 Å². The van der Waals surface area contributed by atoms with Crippen LogP contribution < -0.4 is 5.32 Å². The van der Waals surface area contributed by atoms with Crippen molar-refractivity contribution in [3.8, 4) is 0 Å². The third-order valence-electron chi connectivity index (χ3n) is 3.50. The Balaban J connectivity index is 1.92. The number of amides is 1. The molecule has 0 aliphatic rings. The van der Waals surface area contributed by atoms with E-state index in [1.54, 1.807) is 6.07 Å². The van der Waals surface area contributed by atoms with E-state index < -0.39 is 0 Å². The van der Waals surface area contributed by atoms with Crippen LogP contribution in [-0.2, 0) is 4.74 Å². The number of carbonyl (C=O) groups excluding carboxylic acids is 2. The van der Waals surface area contributed by atoms with Gasteiger partial charge in [-0.15, -0.1) is 22.7 Å². The van der Waals surface area contributed by atoms with Gasteiger partial charge in [-0.2, -0.15) is 0 Å². The molecule has 0 aliphatic heterocycles. The van der Waals surface area contributed by atoms with Crippen molar-refractivity contribution in [3.63, 3.8) is 0 Å². The van der Waals surface area contributed by atoms with E-state index in [1.165, 1.54) is 22.7 Å². The normalized spacial score (nSPS) is 10.7. The van der Waals surface area contributed by atoms with Gasteiger partial charge in [0.1, 0.15) is 10.6 Å². The second-order valence-electron chi connectivity index (χ2n) is 5.22. The van der Waals surface area contributed by atoms with Crippen LogP contribution in [0.25, 0.3) is 10.1 Å². The van der Waals surface area contributed by atoms with Crippen molar-refractivity contribution in [2.75, 3.05) is 11.9 Å². The molecule has 6 heteroatoms. The lowest BCUT2D eigenvalue weighted by Crippen LogP contribution is -2.13. The van der Waals surface area contributed by atoms with E-state index >= 15 is 0 Å². The summed E-state index contributed by atoms with van der Waals surface area (Å²) in [6, 6.07) is 11.2.